The summed E-state index contributed by atoms with van der Waals surface area (Å²) in [6, 6.07) is 18.0. The van der Waals surface area contributed by atoms with E-state index in [0.717, 1.165) is 29.8 Å². The monoisotopic (exact) mass is 627 g/mol. The molecule has 3 heterocycles. The van der Waals surface area contributed by atoms with Gasteiger partial charge >= 0.3 is 0 Å². The van der Waals surface area contributed by atoms with E-state index in [1.54, 1.807) is 48.1 Å². The van der Waals surface area contributed by atoms with E-state index in [1.165, 1.54) is 4.31 Å². The van der Waals surface area contributed by atoms with Crippen LogP contribution in [0.1, 0.15) is 52.0 Å². The van der Waals surface area contributed by atoms with Gasteiger partial charge in [0, 0.05) is 49.1 Å². The van der Waals surface area contributed by atoms with Crippen LogP contribution in [0.25, 0.3) is 23.0 Å². The third-order valence-electron chi connectivity index (χ3n) is 7.95. The Hall–Kier alpha value is -4.37. The first kappa shape index (κ1) is 32.0. The van der Waals surface area contributed by atoms with Crippen LogP contribution in [0.5, 0.6) is 0 Å². The molecule has 1 saturated heterocycles. The number of rotatable bonds is 10. The second-order valence-corrected chi connectivity index (χ2v) is 13.3. The minimum atomic E-state index is -3.61. The Morgan fingerprint density at radius 1 is 1.00 bits per heavy atom. The van der Waals surface area contributed by atoms with Gasteiger partial charge in [0.1, 0.15) is 11.6 Å². The van der Waals surface area contributed by atoms with Crippen molar-refractivity contribution in [3.63, 3.8) is 0 Å². The largest absolute Gasteiger partial charge is 0.379 e. The van der Waals surface area contributed by atoms with Crippen molar-refractivity contribution in [2.75, 3.05) is 26.2 Å². The van der Waals surface area contributed by atoms with E-state index in [1.807, 2.05) is 50.2 Å². The smallest absolute Gasteiger partial charge is 0.271 e. The Balaban J connectivity index is 1.55. The summed E-state index contributed by atoms with van der Waals surface area (Å²) in [6.07, 6.45) is 6.61. The number of imide groups is 1. The average Bonchev–Trinajstić information content (AvgIpc) is 3.47. The zero-order valence-electron chi connectivity index (χ0n) is 25.8. The molecule has 0 radical (unpaired) electrons. The molecule has 2 aliphatic heterocycles. The van der Waals surface area contributed by atoms with Gasteiger partial charge in [0.05, 0.1) is 22.4 Å². The number of hydrogen-bond donors (Lipinski definition) is 0. The molecular weight excluding hydrogens is 590 g/mol. The number of carbonyl (C=O) groups is 2. The maximum Gasteiger partial charge on any atom is 0.271 e. The van der Waals surface area contributed by atoms with Gasteiger partial charge in [0.25, 0.3) is 11.8 Å². The number of amides is 2. The average molecular weight is 628 g/mol. The lowest BCUT2D eigenvalue weighted by molar-refractivity contribution is -0.140. The molecule has 0 atom stereocenters. The van der Waals surface area contributed by atoms with Gasteiger partial charge in [-0.05, 0) is 75.9 Å². The molecule has 2 aliphatic rings. The quantitative estimate of drug-likeness (QED) is 0.174. The summed E-state index contributed by atoms with van der Waals surface area (Å²) < 4.78 is 35.3. The lowest BCUT2D eigenvalue weighted by Gasteiger charge is -2.27. The fourth-order valence-corrected chi connectivity index (χ4v) is 7.02. The number of nitrogens with zero attached hydrogens (tertiary/aromatic N) is 5. The number of aromatic nitrogens is 2. The summed E-state index contributed by atoms with van der Waals surface area (Å²) in [5.41, 5.74) is 2.95. The first-order valence-electron chi connectivity index (χ1n) is 15.2. The minimum Gasteiger partial charge on any atom is -0.379 e. The lowest BCUT2D eigenvalue weighted by atomic mass is 9.93. The summed E-state index contributed by atoms with van der Waals surface area (Å²) in [4.78, 5) is 28.1. The third kappa shape index (κ3) is 6.83. The highest BCUT2D eigenvalue weighted by molar-refractivity contribution is 7.89. The van der Waals surface area contributed by atoms with Crippen molar-refractivity contribution >= 4 is 27.9 Å². The van der Waals surface area contributed by atoms with Crippen LogP contribution in [-0.2, 0) is 24.3 Å². The number of benzene rings is 2. The third-order valence-corrected chi connectivity index (χ3v) is 9.86. The highest BCUT2D eigenvalue weighted by atomic mass is 32.2. The van der Waals surface area contributed by atoms with E-state index in [2.05, 4.69) is 0 Å². The number of carbonyl (C=O) groups excluding carboxylic acids is 2. The van der Waals surface area contributed by atoms with Crippen molar-refractivity contribution in [1.29, 1.82) is 5.26 Å². The van der Waals surface area contributed by atoms with Crippen LogP contribution in [0.15, 0.2) is 82.4 Å². The van der Waals surface area contributed by atoms with E-state index in [0.29, 0.717) is 48.5 Å². The molecule has 0 saturated carbocycles. The molecule has 10 nitrogen and oxygen atoms in total. The summed E-state index contributed by atoms with van der Waals surface area (Å²) in [5.74, 6) is -1.12. The predicted octanol–water partition coefficient (Wildman–Crippen LogP) is 5.12. The van der Waals surface area contributed by atoms with Crippen molar-refractivity contribution in [2.24, 2.45) is 0 Å². The van der Waals surface area contributed by atoms with Crippen LogP contribution in [0.2, 0.25) is 0 Å². The molecule has 1 aromatic heterocycles. The number of hydrogen-bond acceptors (Lipinski definition) is 7. The zero-order chi connectivity index (χ0) is 32.1. The summed E-state index contributed by atoms with van der Waals surface area (Å²) >= 11 is 0. The molecule has 0 bridgehead atoms. The summed E-state index contributed by atoms with van der Waals surface area (Å²) in [6.45, 7) is 6.93. The van der Waals surface area contributed by atoms with Gasteiger partial charge in [-0.3, -0.25) is 14.5 Å². The van der Waals surface area contributed by atoms with Crippen molar-refractivity contribution in [3.8, 4) is 23.0 Å². The molecular formula is C34H37N5O5S. The van der Waals surface area contributed by atoms with Gasteiger partial charge in [-0.1, -0.05) is 36.8 Å². The molecule has 2 amide bonds. The van der Waals surface area contributed by atoms with Gasteiger partial charge in [0.15, 0.2) is 0 Å². The Bertz CT molecular complexity index is 1780. The van der Waals surface area contributed by atoms with Crippen LogP contribution in [0.3, 0.4) is 0 Å². The predicted molar refractivity (Wildman–Crippen MR) is 170 cm³/mol. The van der Waals surface area contributed by atoms with Crippen molar-refractivity contribution in [3.05, 3.63) is 83.1 Å². The summed E-state index contributed by atoms with van der Waals surface area (Å²) in [7, 11) is -3.61. The fourth-order valence-electron chi connectivity index (χ4n) is 5.50. The fraction of sp³-hybridized carbons (Fsp3) is 0.353. The molecule has 45 heavy (non-hydrogen) atoms. The molecule has 0 spiro atoms. The van der Waals surface area contributed by atoms with E-state index < -0.39 is 21.8 Å². The Kier molecular flexibility index (Phi) is 9.77. The maximum absolute atomic E-state index is 13.7. The number of nitriles is 1. The first-order chi connectivity index (χ1) is 21.6. The first-order valence-corrected chi connectivity index (χ1v) is 16.6. The van der Waals surface area contributed by atoms with Crippen LogP contribution in [0.4, 0.5) is 0 Å². The maximum atomic E-state index is 13.7. The molecule has 0 aliphatic carbocycles. The number of para-hydroxylation sites is 1. The normalized spacial score (nSPS) is 17.4. The second-order valence-electron chi connectivity index (χ2n) is 11.4. The van der Waals surface area contributed by atoms with Crippen LogP contribution < -0.4 is 0 Å². The molecule has 0 N–H and O–H groups in total. The molecule has 0 unspecified atom stereocenters. The standard InChI is InChI=1S/C34H37N5O5S/c1-24(2)44-20-10-19-38-33(40)30(25(3)31(22-35)34(38)41)21-27-23-39(28-11-6-4-7-12-28)36-32(27)26-13-15-29(16-14-26)45(42,43)37-17-8-5-9-18-37/h4,6-7,11-16,21,23-24H,5,8-10,17-20H2,1-3H3/b30-21+. The van der Waals surface area contributed by atoms with E-state index in [-0.39, 0.29) is 28.7 Å². The van der Waals surface area contributed by atoms with Gasteiger partial charge in [-0.15, -0.1) is 0 Å². The van der Waals surface area contributed by atoms with Gasteiger partial charge in [-0.25, -0.2) is 13.1 Å². The Morgan fingerprint density at radius 3 is 2.33 bits per heavy atom. The topological polar surface area (TPSA) is 126 Å². The second kappa shape index (κ2) is 13.7. The lowest BCUT2D eigenvalue weighted by Crippen LogP contribution is -2.43. The van der Waals surface area contributed by atoms with E-state index in [4.69, 9.17) is 9.84 Å². The molecule has 1 fully saturated rings. The van der Waals surface area contributed by atoms with Crippen LogP contribution in [0, 0.1) is 11.3 Å². The molecule has 234 valence electrons. The van der Waals surface area contributed by atoms with Crippen molar-refractivity contribution in [2.45, 2.75) is 57.5 Å². The van der Waals surface area contributed by atoms with Crippen LogP contribution >= 0.6 is 0 Å². The number of ether oxygens (including phenoxy) is 1. The van der Waals surface area contributed by atoms with E-state index >= 15 is 0 Å². The number of piperidine rings is 1. The van der Waals surface area contributed by atoms with Gasteiger partial charge < -0.3 is 4.74 Å². The zero-order valence-corrected chi connectivity index (χ0v) is 26.6. The van der Waals surface area contributed by atoms with Gasteiger partial charge in [0.2, 0.25) is 10.0 Å². The molecule has 11 heteroatoms. The molecule has 2 aromatic carbocycles. The minimum absolute atomic E-state index is 0.0172. The molecule has 3 aromatic rings. The Labute approximate surface area is 264 Å². The highest BCUT2D eigenvalue weighted by Gasteiger charge is 2.35. The van der Waals surface area contributed by atoms with Crippen molar-refractivity contribution < 1.29 is 22.7 Å². The molecule has 5 rings (SSSR count). The van der Waals surface area contributed by atoms with Gasteiger partial charge in [-0.2, -0.15) is 14.7 Å². The van der Waals surface area contributed by atoms with Crippen molar-refractivity contribution in [1.82, 2.24) is 19.0 Å². The van der Waals surface area contributed by atoms with E-state index in [9.17, 15) is 23.3 Å². The number of sulfonamides is 1. The highest BCUT2D eigenvalue weighted by Crippen LogP contribution is 2.32. The van der Waals surface area contributed by atoms with Crippen LogP contribution in [-0.4, -0.2) is 71.6 Å². The summed E-state index contributed by atoms with van der Waals surface area (Å²) in [5, 5.41) is 14.7. The SMILES string of the molecule is CC1=C(C#N)C(=O)N(CCCOC(C)C)C(=O)/C1=C/c1cn(-c2ccccc2)nc1-c1ccc(S(=O)(=O)N2CCCCC2)cc1. The Morgan fingerprint density at radius 2 is 1.69 bits per heavy atom.